The summed E-state index contributed by atoms with van der Waals surface area (Å²) < 4.78 is 8.33. The van der Waals surface area contributed by atoms with E-state index in [1.54, 1.807) is 12.5 Å². The van der Waals surface area contributed by atoms with Gasteiger partial charge in [-0.25, -0.2) is 4.98 Å². The Morgan fingerprint density at radius 1 is 1.00 bits per heavy atom. The number of nitrogens with zero attached hydrogens (tertiary/aromatic N) is 4. The molecule has 2 aromatic carbocycles. The molecule has 0 saturated carbocycles. The first-order chi connectivity index (χ1) is 14.7. The molecule has 1 aliphatic heterocycles. The lowest BCUT2D eigenvalue weighted by Crippen LogP contribution is -2.24. The van der Waals surface area contributed by atoms with E-state index in [0.717, 1.165) is 41.4 Å². The highest BCUT2D eigenvalue weighted by atomic mass is 16.5. The van der Waals surface area contributed by atoms with E-state index in [9.17, 15) is 0 Å². The number of likely N-dealkylation sites (N-methyl/N-ethyl adjacent to an activating group) is 1. The van der Waals surface area contributed by atoms with Crippen molar-refractivity contribution in [2.45, 2.75) is 12.6 Å². The van der Waals surface area contributed by atoms with Crippen molar-refractivity contribution in [2.24, 2.45) is 0 Å². The van der Waals surface area contributed by atoms with Crippen molar-refractivity contribution in [1.29, 1.82) is 0 Å². The van der Waals surface area contributed by atoms with E-state index in [2.05, 4.69) is 40.4 Å². The highest BCUT2D eigenvalue weighted by molar-refractivity contribution is 5.59. The second-order valence-corrected chi connectivity index (χ2v) is 7.52. The molecule has 0 amide bonds. The summed E-state index contributed by atoms with van der Waals surface area (Å²) in [6, 6.07) is 22.6. The Labute approximate surface area is 175 Å². The van der Waals surface area contributed by atoms with Crippen molar-refractivity contribution >= 4 is 11.5 Å². The fourth-order valence-corrected chi connectivity index (χ4v) is 3.69. The largest absolute Gasteiger partial charge is 0.468 e. The van der Waals surface area contributed by atoms with Gasteiger partial charge in [-0.3, -0.25) is 4.90 Å². The molecule has 0 radical (unpaired) electrons. The molecule has 3 heterocycles. The van der Waals surface area contributed by atoms with Crippen LogP contribution in [0, 0.1) is 0 Å². The van der Waals surface area contributed by atoms with Gasteiger partial charge in [-0.05, 0) is 49.0 Å². The minimum atomic E-state index is -0.0466. The van der Waals surface area contributed by atoms with E-state index in [4.69, 9.17) is 9.72 Å². The highest BCUT2D eigenvalue weighted by Crippen LogP contribution is 2.31. The van der Waals surface area contributed by atoms with Crippen molar-refractivity contribution in [3.63, 3.8) is 0 Å². The molecule has 0 spiro atoms. The molecule has 1 unspecified atom stereocenters. The summed E-state index contributed by atoms with van der Waals surface area (Å²) in [5.74, 6) is 1.45. The van der Waals surface area contributed by atoms with Crippen molar-refractivity contribution in [2.75, 3.05) is 18.9 Å². The zero-order valence-corrected chi connectivity index (χ0v) is 16.8. The molecule has 1 N–H and O–H groups in total. The quantitative estimate of drug-likeness (QED) is 0.546. The van der Waals surface area contributed by atoms with E-state index in [1.165, 1.54) is 0 Å². The summed E-state index contributed by atoms with van der Waals surface area (Å²) in [7, 11) is 2.11. The number of pyridine rings is 1. The molecule has 1 aliphatic rings. The van der Waals surface area contributed by atoms with Crippen LogP contribution in [-0.4, -0.2) is 33.0 Å². The molecule has 5 rings (SSSR count). The third-order valence-corrected chi connectivity index (χ3v) is 5.22. The fraction of sp³-hybridized carbons (Fsp3) is 0.167. The van der Waals surface area contributed by atoms with Crippen LogP contribution >= 0.6 is 0 Å². The first-order valence-electron chi connectivity index (χ1n) is 10.00. The van der Waals surface area contributed by atoms with Gasteiger partial charge in [0.15, 0.2) is 0 Å². The number of hydrogen-bond donors (Lipinski definition) is 1. The number of anilines is 2. The number of fused-ring (bicyclic) bond motifs is 1. The molecule has 4 aromatic rings. The van der Waals surface area contributed by atoms with Gasteiger partial charge in [-0.15, -0.1) is 0 Å². The van der Waals surface area contributed by atoms with Gasteiger partial charge in [-0.2, -0.15) is 4.98 Å². The number of aromatic nitrogens is 3. The van der Waals surface area contributed by atoms with Crippen LogP contribution in [0.4, 0.5) is 11.5 Å². The molecule has 30 heavy (non-hydrogen) atoms. The maximum Gasteiger partial charge on any atom is 0.220 e. The SMILES string of the molecule is CN1Cc2ccc(Nc3ccc(-n4ccnc4)cc3)nc2OC(c2ccccc2)C1. The molecule has 6 heteroatoms. The van der Waals surface area contributed by atoms with E-state index in [-0.39, 0.29) is 6.10 Å². The first-order valence-corrected chi connectivity index (χ1v) is 10.00. The van der Waals surface area contributed by atoms with Crippen molar-refractivity contribution < 1.29 is 4.74 Å². The predicted molar refractivity (Wildman–Crippen MR) is 117 cm³/mol. The second kappa shape index (κ2) is 8.00. The number of hydrogen-bond acceptors (Lipinski definition) is 5. The zero-order chi connectivity index (χ0) is 20.3. The maximum absolute atomic E-state index is 6.36. The average molecular weight is 397 g/mol. The van der Waals surface area contributed by atoms with Crippen LogP contribution in [0.2, 0.25) is 0 Å². The molecule has 150 valence electrons. The summed E-state index contributed by atoms with van der Waals surface area (Å²) in [6.45, 7) is 1.63. The van der Waals surface area contributed by atoms with Gasteiger partial charge in [0.25, 0.3) is 0 Å². The van der Waals surface area contributed by atoms with E-state index in [0.29, 0.717) is 5.88 Å². The molecular weight excluding hydrogens is 374 g/mol. The molecule has 2 aromatic heterocycles. The van der Waals surface area contributed by atoms with Crippen LogP contribution in [0.15, 0.2) is 85.5 Å². The topological polar surface area (TPSA) is 55.2 Å². The van der Waals surface area contributed by atoms with E-state index >= 15 is 0 Å². The minimum Gasteiger partial charge on any atom is -0.468 e. The van der Waals surface area contributed by atoms with Crippen LogP contribution in [0.1, 0.15) is 17.2 Å². The van der Waals surface area contributed by atoms with Crippen LogP contribution < -0.4 is 10.1 Å². The summed E-state index contributed by atoms with van der Waals surface area (Å²) in [4.78, 5) is 11.1. The Kier molecular flexibility index (Phi) is 4.91. The number of ether oxygens (including phenoxy) is 1. The smallest absolute Gasteiger partial charge is 0.220 e. The summed E-state index contributed by atoms with van der Waals surface area (Å²) >= 11 is 0. The van der Waals surface area contributed by atoms with Gasteiger partial charge < -0.3 is 14.6 Å². The Bertz CT molecular complexity index is 1110. The highest BCUT2D eigenvalue weighted by Gasteiger charge is 2.23. The summed E-state index contributed by atoms with van der Waals surface area (Å²) in [5.41, 5.74) is 4.28. The van der Waals surface area contributed by atoms with Crippen molar-refractivity contribution in [1.82, 2.24) is 19.4 Å². The number of benzene rings is 2. The standard InChI is InChI=1S/C24H23N5O/c1-28-15-19-7-12-23(26-20-8-10-21(11-9-20)29-14-13-25-17-29)27-24(19)30-22(16-28)18-5-3-2-4-6-18/h2-14,17,22H,15-16H2,1H3,(H,26,27). The van der Waals surface area contributed by atoms with E-state index < -0.39 is 0 Å². The molecule has 1 atom stereocenters. The lowest BCUT2D eigenvalue weighted by molar-refractivity contribution is 0.160. The molecule has 0 saturated heterocycles. The summed E-state index contributed by atoms with van der Waals surface area (Å²) in [6.07, 6.45) is 5.43. The van der Waals surface area contributed by atoms with Crippen molar-refractivity contribution in [3.8, 4) is 11.6 Å². The van der Waals surface area contributed by atoms with Gasteiger partial charge >= 0.3 is 0 Å². The van der Waals surface area contributed by atoms with E-state index in [1.807, 2.05) is 59.3 Å². The Morgan fingerprint density at radius 3 is 2.60 bits per heavy atom. The minimum absolute atomic E-state index is 0.0466. The molecule has 0 bridgehead atoms. The third kappa shape index (κ3) is 3.90. The number of imidazole rings is 1. The van der Waals surface area contributed by atoms with Gasteiger partial charge in [0.05, 0.1) is 6.33 Å². The zero-order valence-electron chi connectivity index (χ0n) is 16.8. The predicted octanol–water partition coefficient (Wildman–Crippen LogP) is 4.58. The number of nitrogens with one attached hydrogen (secondary N) is 1. The van der Waals surface area contributed by atoms with Gasteiger partial charge in [0.2, 0.25) is 5.88 Å². The Hall–Kier alpha value is -3.64. The van der Waals surface area contributed by atoms with Gasteiger partial charge in [0, 0.05) is 42.4 Å². The lowest BCUT2D eigenvalue weighted by Gasteiger charge is -2.20. The first kappa shape index (κ1) is 18.4. The van der Waals surface area contributed by atoms with Crippen LogP contribution in [0.5, 0.6) is 5.88 Å². The molecule has 6 nitrogen and oxygen atoms in total. The number of rotatable bonds is 4. The maximum atomic E-state index is 6.36. The summed E-state index contributed by atoms with van der Waals surface area (Å²) in [5, 5.41) is 3.38. The fourth-order valence-electron chi connectivity index (χ4n) is 3.69. The van der Waals surface area contributed by atoms with Gasteiger partial charge in [0.1, 0.15) is 11.9 Å². The normalized spacial score (nSPS) is 16.4. The van der Waals surface area contributed by atoms with Crippen LogP contribution in [0.3, 0.4) is 0 Å². The van der Waals surface area contributed by atoms with Crippen LogP contribution in [-0.2, 0) is 6.54 Å². The Morgan fingerprint density at radius 2 is 1.83 bits per heavy atom. The Balaban J connectivity index is 1.37. The lowest BCUT2D eigenvalue weighted by atomic mass is 10.1. The molecular formula is C24H23N5O. The van der Waals surface area contributed by atoms with Crippen molar-refractivity contribution in [3.05, 3.63) is 96.6 Å². The molecule has 0 fully saturated rings. The second-order valence-electron chi connectivity index (χ2n) is 7.52. The monoisotopic (exact) mass is 397 g/mol. The third-order valence-electron chi connectivity index (χ3n) is 5.22. The molecule has 0 aliphatic carbocycles. The van der Waals surface area contributed by atoms with Gasteiger partial charge in [-0.1, -0.05) is 30.3 Å². The average Bonchev–Trinajstić information content (AvgIpc) is 3.25. The van der Waals surface area contributed by atoms with Crippen LogP contribution in [0.25, 0.3) is 5.69 Å².